The van der Waals surface area contributed by atoms with Crippen molar-refractivity contribution in [3.63, 3.8) is 0 Å². The first-order valence-electron chi connectivity index (χ1n) is 13.9. The lowest BCUT2D eigenvalue weighted by Gasteiger charge is -2.26. The molecule has 0 saturated carbocycles. The van der Waals surface area contributed by atoms with Gasteiger partial charge in [0.15, 0.2) is 5.75 Å². The maximum atomic E-state index is 13.6. The molecule has 1 aliphatic rings. The van der Waals surface area contributed by atoms with Crippen LogP contribution in [-0.4, -0.2) is 65.9 Å². The van der Waals surface area contributed by atoms with Crippen LogP contribution < -0.4 is 20.3 Å². The second-order valence-electron chi connectivity index (χ2n) is 10.7. The van der Waals surface area contributed by atoms with Crippen LogP contribution in [0.5, 0.6) is 5.75 Å². The lowest BCUT2D eigenvalue weighted by molar-refractivity contribution is -0.274. The van der Waals surface area contributed by atoms with E-state index in [2.05, 4.69) is 48.6 Å². The minimum absolute atomic E-state index is 0.0624. The summed E-state index contributed by atoms with van der Waals surface area (Å²) in [6, 6.07) is 10.6. The quantitative estimate of drug-likeness (QED) is 0.223. The monoisotopic (exact) mass is 604 g/mol. The Balaban J connectivity index is 1.61. The van der Waals surface area contributed by atoms with Crippen LogP contribution in [0.25, 0.3) is 22.2 Å². The molecule has 2 aromatic carbocycles. The lowest BCUT2D eigenvalue weighted by atomic mass is 10.0. The molecule has 0 fully saturated rings. The van der Waals surface area contributed by atoms with Crippen molar-refractivity contribution in [3.8, 4) is 23.1 Å². The molecule has 3 heterocycles. The van der Waals surface area contributed by atoms with Crippen LogP contribution in [0.2, 0.25) is 0 Å². The molecule has 44 heavy (non-hydrogen) atoms. The Morgan fingerprint density at radius 3 is 2.73 bits per heavy atom. The molecule has 5 rings (SSSR count). The number of carbonyl (C=O) groups excluding carboxylic acids is 1. The van der Waals surface area contributed by atoms with E-state index < -0.39 is 18.0 Å². The van der Waals surface area contributed by atoms with Crippen molar-refractivity contribution in [1.82, 2.24) is 19.4 Å². The predicted octanol–water partition coefficient (Wildman–Crippen LogP) is 5.68. The first-order chi connectivity index (χ1) is 21.0. The summed E-state index contributed by atoms with van der Waals surface area (Å²) in [6.45, 7) is 5.33. The fourth-order valence-corrected chi connectivity index (χ4v) is 5.24. The van der Waals surface area contributed by atoms with Crippen LogP contribution in [-0.2, 0) is 17.8 Å². The van der Waals surface area contributed by atoms with Crippen LogP contribution in [0.3, 0.4) is 0 Å². The van der Waals surface area contributed by atoms with Crippen LogP contribution in [0.1, 0.15) is 17.5 Å². The fourth-order valence-electron chi connectivity index (χ4n) is 5.24. The molecule has 10 nitrogen and oxygen atoms in total. The SMILES string of the molecule is C=CC(=O)Nc1cc(Nc2ncc(C#N)c(-c3cn4c5c(cccc35)CCC4)n2)c(OC(F)(F)F)cc1N(C)CCN(C)C. The molecule has 4 aromatic rings. The molecule has 1 amide bonds. The number of para-hydroxylation sites is 1. The number of ether oxygens (including phenoxy) is 1. The maximum absolute atomic E-state index is 13.6. The van der Waals surface area contributed by atoms with Crippen LogP contribution >= 0.6 is 0 Å². The number of nitrogens with zero attached hydrogens (tertiary/aromatic N) is 6. The second-order valence-corrected chi connectivity index (χ2v) is 10.7. The van der Waals surface area contributed by atoms with E-state index in [-0.39, 0.29) is 22.9 Å². The predicted molar refractivity (Wildman–Crippen MR) is 163 cm³/mol. The smallest absolute Gasteiger partial charge is 0.403 e. The minimum Gasteiger partial charge on any atom is -0.403 e. The summed E-state index contributed by atoms with van der Waals surface area (Å²) in [6.07, 6.45) is 1.24. The van der Waals surface area contributed by atoms with Gasteiger partial charge in [0.1, 0.15) is 6.07 Å². The summed E-state index contributed by atoms with van der Waals surface area (Å²) < 4.78 is 47.3. The molecule has 0 aliphatic carbocycles. The minimum atomic E-state index is -5.01. The maximum Gasteiger partial charge on any atom is 0.573 e. The van der Waals surface area contributed by atoms with E-state index >= 15 is 0 Å². The molecule has 2 N–H and O–H groups in total. The topological polar surface area (TPSA) is 111 Å². The number of carbonyl (C=O) groups is 1. The van der Waals surface area contributed by atoms with Crippen molar-refractivity contribution in [3.05, 3.63) is 66.5 Å². The highest BCUT2D eigenvalue weighted by Gasteiger charge is 2.33. The van der Waals surface area contributed by atoms with Crippen molar-refractivity contribution in [2.75, 3.05) is 49.8 Å². The number of halogens is 3. The Morgan fingerprint density at radius 1 is 1.23 bits per heavy atom. The number of aromatic nitrogens is 3. The highest BCUT2D eigenvalue weighted by atomic mass is 19.4. The Labute approximate surface area is 252 Å². The lowest BCUT2D eigenvalue weighted by Crippen LogP contribution is -2.29. The highest BCUT2D eigenvalue weighted by molar-refractivity contribution is 6.02. The first-order valence-corrected chi connectivity index (χ1v) is 13.9. The zero-order valence-electron chi connectivity index (χ0n) is 24.5. The number of nitrogens with one attached hydrogen (secondary N) is 2. The number of hydrogen-bond donors (Lipinski definition) is 2. The van der Waals surface area contributed by atoms with Gasteiger partial charge < -0.3 is 29.7 Å². The molecule has 1 aliphatic heterocycles. The average Bonchev–Trinajstić information content (AvgIpc) is 3.36. The van der Waals surface area contributed by atoms with Crippen LogP contribution in [0, 0.1) is 11.3 Å². The number of anilines is 4. The number of aryl methyl sites for hydroxylation is 2. The molecule has 0 radical (unpaired) electrons. The third kappa shape index (κ3) is 6.45. The van der Waals surface area contributed by atoms with E-state index in [1.165, 1.54) is 23.9 Å². The molecule has 0 unspecified atom stereocenters. The number of nitriles is 1. The summed E-state index contributed by atoms with van der Waals surface area (Å²) in [5.41, 5.74) is 3.90. The molecule has 0 spiro atoms. The Hall–Kier alpha value is -5.09. The summed E-state index contributed by atoms with van der Waals surface area (Å²) in [4.78, 5) is 24.7. The van der Waals surface area contributed by atoms with Gasteiger partial charge in [-0.1, -0.05) is 24.8 Å². The van der Waals surface area contributed by atoms with Gasteiger partial charge >= 0.3 is 6.36 Å². The van der Waals surface area contributed by atoms with Crippen molar-refractivity contribution < 1.29 is 22.7 Å². The van der Waals surface area contributed by atoms with Crippen LogP contribution in [0.15, 0.2) is 55.4 Å². The van der Waals surface area contributed by atoms with Crippen LogP contribution in [0.4, 0.5) is 36.2 Å². The third-order valence-electron chi connectivity index (χ3n) is 7.30. The Morgan fingerprint density at radius 2 is 2.02 bits per heavy atom. The van der Waals surface area contributed by atoms with Crippen molar-refractivity contribution in [1.29, 1.82) is 5.26 Å². The molecular weight excluding hydrogens is 573 g/mol. The number of amides is 1. The van der Waals surface area contributed by atoms with E-state index in [1.54, 1.807) is 11.9 Å². The molecule has 228 valence electrons. The number of hydrogen-bond acceptors (Lipinski definition) is 8. The van der Waals surface area contributed by atoms with E-state index in [4.69, 9.17) is 0 Å². The van der Waals surface area contributed by atoms with E-state index in [1.807, 2.05) is 37.3 Å². The molecule has 0 saturated heterocycles. The van der Waals surface area contributed by atoms with Crippen molar-refractivity contribution >= 4 is 39.8 Å². The first kappa shape index (κ1) is 30.4. The molecule has 13 heteroatoms. The van der Waals surface area contributed by atoms with Gasteiger partial charge in [-0.15, -0.1) is 13.2 Å². The zero-order chi connectivity index (χ0) is 31.6. The largest absolute Gasteiger partial charge is 0.573 e. The van der Waals surface area contributed by atoms with Gasteiger partial charge in [0.25, 0.3) is 0 Å². The number of alkyl halides is 3. The molecule has 2 aromatic heterocycles. The standard InChI is InChI=1S/C31H31F3N8O2/c1-5-27(43)37-23-14-24(26(44-31(32,33)34)15-25(23)41(4)13-12-40(2)3)38-30-36-17-20(16-35)28(39-30)22-18-42-11-7-9-19-8-6-10-21(22)29(19)42/h5-6,8,10,14-15,17-18H,1,7,9,11-13H2,2-4H3,(H,37,43)(H,36,38,39). The van der Waals surface area contributed by atoms with Crippen molar-refractivity contribution in [2.45, 2.75) is 25.7 Å². The highest BCUT2D eigenvalue weighted by Crippen LogP contribution is 2.41. The van der Waals surface area contributed by atoms with Gasteiger partial charge in [0.2, 0.25) is 11.9 Å². The van der Waals surface area contributed by atoms with Gasteiger partial charge in [-0.3, -0.25) is 4.79 Å². The van der Waals surface area contributed by atoms with E-state index in [9.17, 15) is 23.2 Å². The van der Waals surface area contributed by atoms with Crippen molar-refractivity contribution in [2.24, 2.45) is 0 Å². The van der Waals surface area contributed by atoms with Gasteiger partial charge in [0.05, 0.1) is 40.0 Å². The summed E-state index contributed by atoms with van der Waals surface area (Å²) in [7, 11) is 5.44. The summed E-state index contributed by atoms with van der Waals surface area (Å²) in [5, 5.41) is 16.3. The van der Waals surface area contributed by atoms with Gasteiger partial charge in [-0.25, -0.2) is 9.97 Å². The summed E-state index contributed by atoms with van der Waals surface area (Å²) in [5.74, 6) is -1.16. The third-order valence-corrected chi connectivity index (χ3v) is 7.30. The van der Waals surface area contributed by atoms with Gasteiger partial charge in [-0.2, -0.15) is 5.26 Å². The molecule has 0 bridgehead atoms. The Bertz CT molecular complexity index is 1770. The number of benzene rings is 2. The summed E-state index contributed by atoms with van der Waals surface area (Å²) >= 11 is 0. The normalized spacial score (nSPS) is 12.6. The van der Waals surface area contributed by atoms with E-state index in [0.29, 0.717) is 30.0 Å². The van der Waals surface area contributed by atoms with E-state index in [0.717, 1.165) is 36.4 Å². The average molecular weight is 605 g/mol. The second kappa shape index (κ2) is 12.3. The van der Waals surface area contributed by atoms with Gasteiger partial charge in [0, 0.05) is 49.9 Å². The number of rotatable bonds is 10. The fraction of sp³-hybridized carbons (Fsp3) is 0.290. The molecular formula is C31H31F3N8O2. The Kier molecular flexibility index (Phi) is 8.46. The zero-order valence-corrected chi connectivity index (χ0v) is 24.5. The van der Waals surface area contributed by atoms with Gasteiger partial charge in [-0.05, 0) is 44.6 Å². The molecule has 0 atom stereocenters. The number of likely N-dealkylation sites (N-methyl/N-ethyl adjacent to an activating group) is 2.